The summed E-state index contributed by atoms with van der Waals surface area (Å²) in [6, 6.07) is 11.4. The summed E-state index contributed by atoms with van der Waals surface area (Å²) in [7, 11) is 0. The Bertz CT molecular complexity index is 715. The highest BCUT2D eigenvalue weighted by molar-refractivity contribution is 9.11. The minimum atomic E-state index is -0.804. The van der Waals surface area contributed by atoms with Crippen LogP contribution in [0.15, 0.2) is 51.4 Å². The van der Waals surface area contributed by atoms with Crippen LogP contribution in [0.4, 0.5) is 0 Å². The summed E-state index contributed by atoms with van der Waals surface area (Å²) in [6.45, 7) is 0. The standard InChI is InChI=1S/C16H13Br2ClN2O2/c17-11-6-10(7-12(18)8-11)16(23)21-14(15(20)22)5-9-1-3-13(19)4-2-9/h1-4,6-8,14H,5H2,(H2,20,22)(H,21,23)/t14-/m1/s1. The number of primary amides is 1. The molecule has 2 amide bonds. The van der Waals surface area contributed by atoms with Gasteiger partial charge in [0.2, 0.25) is 5.91 Å². The fourth-order valence-corrected chi connectivity index (χ4v) is 3.43. The zero-order chi connectivity index (χ0) is 17.0. The summed E-state index contributed by atoms with van der Waals surface area (Å²) < 4.78 is 1.51. The minimum Gasteiger partial charge on any atom is -0.368 e. The van der Waals surface area contributed by atoms with Crippen molar-refractivity contribution in [2.75, 3.05) is 0 Å². The second kappa shape index (κ2) is 7.95. The van der Waals surface area contributed by atoms with Gasteiger partial charge in [-0.3, -0.25) is 9.59 Å². The Morgan fingerprint density at radius 3 is 2.17 bits per heavy atom. The van der Waals surface area contributed by atoms with Crippen LogP contribution >= 0.6 is 43.5 Å². The lowest BCUT2D eigenvalue weighted by atomic mass is 10.0. The van der Waals surface area contributed by atoms with Gasteiger partial charge in [0.1, 0.15) is 6.04 Å². The average molecular weight is 461 g/mol. The highest BCUT2D eigenvalue weighted by Gasteiger charge is 2.20. The normalized spacial score (nSPS) is 11.8. The third kappa shape index (κ3) is 5.34. The number of nitrogens with two attached hydrogens (primary N) is 1. The SMILES string of the molecule is NC(=O)[C@@H](Cc1ccc(Cl)cc1)NC(=O)c1cc(Br)cc(Br)c1. The fourth-order valence-electron chi connectivity index (χ4n) is 2.01. The predicted molar refractivity (Wildman–Crippen MR) is 97.4 cm³/mol. The highest BCUT2D eigenvalue weighted by atomic mass is 79.9. The molecule has 0 heterocycles. The van der Waals surface area contributed by atoms with E-state index in [-0.39, 0.29) is 5.91 Å². The summed E-state index contributed by atoms with van der Waals surface area (Å²) >= 11 is 12.5. The topological polar surface area (TPSA) is 72.2 Å². The van der Waals surface area contributed by atoms with Crippen LogP contribution in [0.5, 0.6) is 0 Å². The molecule has 0 aliphatic heterocycles. The third-order valence-corrected chi connectivity index (χ3v) is 4.29. The Labute approximate surface area is 155 Å². The maximum absolute atomic E-state index is 12.3. The van der Waals surface area contributed by atoms with Gasteiger partial charge in [-0.25, -0.2) is 0 Å². The third-order valence-electron chi connectivity index (χ3n) is 3.13. The molecule has 0 bridgehead atoms. The molecule has 23 heavy (non-hydrogen) atoms. The van der Waals surface area contributed by atoms with Gasteiger partial charge in [0, 0.05) is 26.0 Å². The van der Waals surface area contributed by atoms with Gasteiger partial charge >= 0.3 is 0 Å². The van der Waals surface area contributed by atoms with E-state index in [1.54, 1.807) is 36.4 Å². The van der Waals surface area contributed by atoms with E-state index in [1.807, 2.05) is 6.07 Å². The van der Waals surface area contributed by atoms with E-state index in [0.29, 0.717) is 17.0 Å². The molecule has 0 aliphatic rings. The van der Waals surface area contributed by atoms with E-state index in [9.17, 15) is 9.59 Å². The Balaban J connectivity index is 2.14. The molecule has 2 aromatic rings. The number of amides is 2. The molecule has 0 aliphatic carbocycles. The molecule has 0 unspecified atom stereocenters. The lowest BCUT2D eigenvalue weighted by Gasteiger charge is -2.16. The van der Waals surface area contributed by atoms with Crippen molar-refractivity contribution < 1.29 is 9.59 Å². The highest BCUT2D eigenvalue weighted by Crippen LogP contribution is 2.20. The lowest BCUT2D eigenvalue weighted by Crippen LogP contribution is -2.45. The molecule has 0 radical (unpaired) electrons. The number of carbonyl (C=O) groups excluding carboxylic acids is 2. The summed E-state index contributed by atoms with van der Waals surface area (Å²) in [4.78, 5) is 24.0. The second-order valence-corrected chi connectivity index (χ2v) is 7.18. The van der Waals surface area contributed by atoms with Crippen molar-refractivity contribution in [3.63, 3.8) is 0 Å². The fraction of sp³-hybridized carbons (Fsp3) is 0.125. The van der Waals surface area contributed by atoms with E-state index in [1.165, 1.54) is 0 Å². The number of carbonyl (C=O) groups is 2. The van der Waals surface area contributed by atoms with Crippen molar-refractivity contribution in [2.45, 2.75) is 12.5 Å². The summed E-state index contributed by atoms with van der Waals surface area (Å²) in [5.74, 6) is -0.966. The number of nitrogens with one attached hydrogen (secondary N) is 1. The van der Waals surface area contributed by atoms with Gasteiger partial charge in [0.15, 0.2) is 0 Å². The summed E-state index contributed by atoms with van der Waals surface area (Å²) in [5, 5.41) is 3.27. The average Bonchev–Trinajstić information content (AvgIpc) is 2.47. The number of benzene rings is 2. The van der Waals surface area contributed by atoms with Gasteiger partial charge in [0.05, 0.1) is 0 Å². The molecule has 1 atom stereocenters. The van der Waals surface area contributed by atoms with Gasteiger partial charge < -0.3 is 11.1 Å². The maximum atomic E-state index is 12.3. The Morgan fingerprint density at radius 2 is 1.65 bits per heavy atom. The molecule has 3 N–H and O–H groups in total. The molecule has 0 fully saturated rings. The first-order valence-electron chi connectivity index (χ1n) is 6.66. The van der Waals surface area contributed by atoms with Crippen LogP contribution in [0.2, 0.25) is 5.02 Å². The van der Waals surface area contributed by atoms with E-state index < -0.39 is 11.9 Å². The van der Waals surface area contributed by atoms with Crippen LogP contribution in [0, 0.1) is 0 Å². The number of hydrogen-bond acceptors (Lipinski definition) is 2. The predicted octanol–water partition coefficient (Wildman–Crippen LogP) is 3.69. The van der Waals surface area contributed by atoms with Crippen molar-refractivity contribution in [3.05, 3.63) is 67.6 Å². The Morgan fingerprint density at radius 1 is 1.09 bits per heavy atom. The first kappa shape index (κ1) is 18.0. The van der Waals surface area contributed by atoms with Crippen LogP contribution in [0.25, 0.3) is 0 Å². The van der Waals surface area contributed by atoms with Crippen molar-refractivity contribution in [1.82, 2.24) is 5.32 Å². The van der Waals surface area contributed by atoms with Crippen LogP contribution in [0.3, 0.4) is 0 Å². The van der Waals surface area contributed by atoms with Gasteiger partial charge in [-0.05, 0) is 35.9 Å². The van der Waals surface area contributed by atoms with Gasteiger partial charge in [-0.15, -0.1) is 0 Å². The summed E-state index contributed by atoms with van der Waals surface area (Å²) in [6.07, 6.45) is 0.299. The quantitative estimate of drug-likeness (QED) is 0.714. The zero-order valence-electron chi connectivity index (χ0n) is 11.9. The maximum Gasteiger partial charge on any atom is 0.252 e. The van der Waals surface area contributed by atoms with Crippen LogP contribution in [-0.2, 0) is 11.2 Å². The Kier molecular flexibility index (Phi) is 6.21. The molecule has 0 spiro atoms. The molecule has 7 heteroatoms. The molecule has 120 valence electrons. The number of hydrogen-bond donors (Lipinski definition) is 2. The van der Waals surface area contributed by atoms with E-state index in [2.05, 4.69) is 37.2 Å². The molecule has 2 aromatic carbocycles. The first-order chi connectivity index (χ1) is 10.8. The molecular formula is C16H13Br2ClN2O2. The second-order valence-electron chi connectivity index (χ2n) is 4.92. The lowest BCUT2D eigenvalue weighted by molar-refractivity contribution is -0.119. The number of halogens is 3. The van der Waals surface area contributed by atoms with E-state index >= 15 is 0 Å². The smallest absolute Gasteiger partial charge is 0.252 e. The van der Waals surface area contributed by atoms with Crippen molar-refractivity contribution in [2.24, 2.45) is 5.73 Å². The van der Waals surface area contributed by atoms with E-state index in [0.717, 1.165) is 14.5 Å². The van der Waals surface area contributed by atoms with Crippen LogP contribution < -0.4 is 11.1 Å². The van der Waals surface area contributed by atoms with E-state index in [4.69, 9.17) is 17.3 Å². The zero-order valence-corrected chi connectivity index (χ0v) is 15.8. The summed E-state index contributed by atoms with van der Waals surface area (Å²) in [5.41, 5.74) is 6.68. The van der Waals surface area contributed by atoms with Gasteiger partial charge in [-0.2, -0.15) is 0 Å². The molecule has 0 saturated heterocycles. The molecule has 0 aromatic heterocycles. The van der Waals surface area contributed by atoms with Crippen molar-refractivity contribution in [3.8, 4) is 0 Å². The first-order valence-corrected chi connectivity index (χ1v) is 8.62. The number of rotatable bonds is 5. The molecule has 4 nitrogen and oxygen atoms in total. The molecule has 0 saturated carbocycles. The van der Waals surface area contributed by atoms with Crippen molar-refractivity contribution >= 4 is 55.3 Å². The van der Waals surface area contributed by atoms with Crippen LogP contribution in [0.1, 0.15) is 15.9 Å². The Hall–Kier alpha value is -1.37. The van der Waals surface area contributed by atoms with Gasteiger partial charge in [0.25, 0.3) is 5.91 Å². The van der Waals surface area contributed by atoms with Crippen LogP contribution in [-0.4, -0.2) is 17.9 Å². The molecule has 2 rings (SSSR count). The van der Waals surface area contributed by atoms with Crippen molar-refractivity contribution in [1.29, 1.82) is 0 Å². The monoisotopic (exact) mass is 458 g/mol. The molecular weight excluding hydrogens is 447 g/mol. The largest absolute Gasteiger partial charge is 0.368 e. The van der Waals surface area contributed by atoms with Gasteiger partial charge in [-0.1, -0.05) is 55.6 Å². The minimum absolute atomic E-state index is 0.299.